The average Bonchev–Trinajstić information content (AvgIpc) is 2.42. The number of rotatable bonds is 4. The first-order valence-electron chi connectivity index (χ1n) is 6.59. The summed E-state index contributed by atoms with van der Waals surface area (Å²) in [6.45, 7) is 6.59. The smallest absolute Gasteiger partial charge is 0.168 e. The molecule has 2 rings (SSSR count). The number of hydrogen-bond acceptors (Lipinski definition) is 3. The van der Waals surface area contributed by atoms with E-state index in [1.54, 1.807) is 0 Å². The molecule has 1 N–H and O–H groups in total. The first kappa shape index (κ1) is 14.4. The highest BCUT2D eigenvalue weighted by Gasteiger charge is 2.19. The summed E-state index contributed by atoms with van der Waals surface area (Å²) in [5.74, 6) is -1.00. The number of anilines is 1. The molecule has 0 unspecified atom stereocenters. The van der Waals surface area contributed by atoms with Gasteiger partial charge in [0.25, 0.3) is 0 Å². The van der Waals surface area contributed by atoms with Crippen molar-refractivity contribution in [2.24, 2.45) is 0 Å². The number of benzene rings is 1. The van der Waals surface area contributed by atoms with Crippen LogP contribution in [0.3, 0.4) is 0 Å². The summed E-state index contributed by atoms with van der Waals surface area (Å²) < 4.78 is 27.4. The Bertz CT molecular complexity index is 612. The second-order valence-corrected chi connectivity index (χ2v) is 4.77. The fraction of sp³-hybridized carbons (Fsp3) is 0.333. The zero-order valence-corrected chi connectivity index (χ0v) is 11.7. The molecule has 0 bridgehead atoms. The molecule has 0 aliphatic carbocycles. The quantitative estimate of drug-likeness (QED) is 0.918. The number of nitrogens with one attached hydrogen (secondary N) is 1. The molecule has 0 aliphatic heterocycles. The first-order valence-corrected chi connectivity index (χ1v) is 6.59. The lowest BCUT2D eigenvalue weighted by Crippen LogP contribution is -2.08. The van der Waals surface area contributed by atoms with Gasteiger partial charge in [-0.05, 0) is 25.0 Å². The Labute approximate surface area is 117 Å². The summed E-state index contributed by atoms with van der Waals surface area (Å²) in [5.41, 5.74) is 1.39. The van der Waals surface area contributed by atoms with Gasteiger partial charge < -0.3 is 5.32 Å². The highest BCUT2D eigenvalue weighted by atomic mass is 19.2. The maximum absolute atomic E-state index is 14.0. The topological polar surface area (TPSA) is 37.8 Å². The van der Waals surface area contributed by atoms with E-state index in [1.165, 1.54) is 18.5 Å². The van der Waals surface area contributed by atoms with Gasteiger partial charge in [-0.1, -0.05) is 19.9 Å². The molecule has 0 spiro atoms. The fourth-order valence-electron chi connectivity index (χ4n) is 2.15. The third-order valence-corrected chi connectivity index (χ3v) is 3.01. The van der Waals surface area contributed by atoms with Gasteiger partial charge >= 0.3 is 0 Å². The van der Waals surface area contributed by atoms with E-state index in [4.69, 9.17) is 0 Å². The third kappa shape index (κ3) is 2.61. The number of nitrogens with zero attached hydrogens (tertiary/aromatic N) is 2. The molecule has 0 atom stereocenters. The van der Waals surface area contributed by atoms with E-state index in [0.717, 1.165) is 11.6 Å². The normalized spacial score (nSPS) is 10.9. The van der Waals surface area contributed by atoms with Crippen LogP contribution in [0.5, 0.6) is 0 Å². The van der Waals surface area contributed by atoms with E-state index in [0.29, 0.717) is 18.1 Å². The third-order valence-electron chi connectivity index (χ3n) is 3.01. The molecule has 106 valence electrons. The van der Waals surface area contributed by atoms with Crippen molar-refractivity contribution in [3.8, 4) is 11.3 Å². The lowest BCUT2D eigenvalue weighted by Gasteiger charge is -2.17. The maximum Gasteiger partial charge on any atom is 0.168 e. The predicted octanol–water partition coefficient (Wildman–Crippen LogP) is 3.98. The molecule has 1 heterocycles. The van der Waals surface area contributed by atoms with Gasteiger partial charge in [0.05, 0.1) is 5.69 Å². The standard InChI is InChI=1S/C15H17F2N3/c1-4-18-15-12(9(2)3)14(19-8-20-15)10-6-5-7-11(16)13(10)17/h5-9H,4H2,1-3H3,(H,18,19,20). The molecule has 1 aromatic carbocycles. The molecule has 0 saturated carbocycles. The van der Waals surface area contributed by atoms with Crippen molar-refractivity contribution >= 4 is 5.82 Å². The molecule has 2 aromatic rings. The summed E-state index contributed by atoms with van der Waals surface area (Å²) in [6.07, 6.45) is 1.36. The molecule has 5 heteroatoms. The second kappa shape index (κ2) is 5.94. The summed E-state index contributed by atoms with van der Waals surface area (Å²) in [7, 11) is 0. The number of aromatic nitrogens is 2. The molecular weight excluding hydrogens is 260 g/mol. The molecule has 0 saturated heterocycles. The van der Waals surface area contributed by atoms with Crippen LogP contribution < -0.4 is 5.32 Å². The summed E-state index contributed by atoms with van der Waals surface area (Å²) in [4.78, 5) is 8.35. The van der Waals surface area contributed by atoms with Gasteiger partial charge in [0.2, 0.25) is 0 Å². The number of hydrogen-bond donors (Lipinski definition) is 1. The molecular formula is C15H17F2N3. The largest absolute Gasteiger partial charge is 0.370 e. The van der Waals surface area contributed by atoms with Crippen LogP contribution in [-0.4, -0.2) is 16.5 Å². The lowest BCUT2D eigenvalue weighted by molar-refractivity contribution is 0.510. The van der Waals surface area contributed by atoms with Crippen LogP contribution in [0.2, 0.25) is 0 Å². The van der Waals surface area contributed by atoms with Crippen molar-refractivity contribution in [3.05, 3.63) is 41.7 Å². The Morgan fingerprint density at radius 1 is 1.20 bits per heavy atom. The minimum Gasteiger partial charge on any atom is -0.370 e. The van der Waals surface area contributed by atoms with Gasteiger partial charge in [-0.2, -0.15) is 0 Å². The Kier molecular flexibility index (Phi) is 4.27. The van der Waals surface area contributed by atoms with Crippen LogP contribution in [0.25, 0.3) is 11.3 Å². The van der Waals surface area contributed by atoms with Crippen molar-refractivity contribution in [2.45, 2.75) is 26.7 Å². The number of halogens is 2. The van der Waals surface area contributed by atoms with Crippen molar-refractivity contribution in [1.82, 2.24) is 9.97 Å². The maximum atomic E-state index is 14.0. The van der Waals surface area contributed by atoms with E-state index in [2.05, 4.69) is 15.3 Å². The van der Waals surface area contributed by atoms with Crippen molar-refractivity contribution in [2.75, 3.05) is 11.9 Å². The van der Waals surface area contributed by atoms with E-state index in [1.807, 2.05) is 20.8 Å². The zero-order chi connectivity index (χ0) is 14.7. The van der Waals surface area contributed by atoms with Gasteiger partial charge in [0.15, 0.2) is 11.6 Å². The van der Waals surface area contributed by atoms with E-state index in [9.17, 15) is 8.78 Å². The van der Waals surface area contributed by atoms with Crippen LogP contribution in [-0.2, 0) is 0 Å². The summed E-state index contributed by atoms with van der Waals surface area (Å²) in [5, 5.41) is 3.13. The minimum atomic E-state index is -0.879. The van der Waals surface area contributed by atoms with Gasteiger partial charge in [-0.3, -0.25) is 0 Å². The van der Waals surface area contributed by atoms with Crippen molar-refractivity contribution in [1.29, 1.82) is 0 Å². The Hall–Kier alpha value is -2.04. The van der Waals surface area contributed by atoms with Gasteiger partial charge in [0, 0.05) is 17.7 Å². The van der Waals surface area contributed by atoms with Crippen LogP contribution in [0.1, 0.15) is 32.3 Å². The zero-order valence-electron chi connectivity index (χ0n) is 11.7. The van der Waals surface area contributed by atoms with Crippen LogP contribution in [0.4, 0.5) is 14.6 Å². The van der Waals surface area contributed by atoms with E-state index < -0.39 is 11.6 Å². The van der Waals surface area contributed by atoms with E-state index >= 15 is 0 Å². The van der Waals surface area contributed by atoms with Crippen LogP contribution >= 0.6 is 0 Å². The second-order valence-electron chi connectivity index (χ2n) is 4.77. The molecule has 20 heavy (non-hydrogen) atoms. The molecule has 0 amide bonds. The van der Waals surface area contributed by atoms with Gasteiger partial charge in [0.1, 0.15) is 12.1 Å². The molecule has 3 nitrogen and oxygen atoms in total. The van der Waals surface area contributed by atoms with Crippen LogP contribution in [0.15, 0.2) is 24.5 Å². The highest BCUT2D eigenvalue weighted by molar-refractivity contribution is 5.69. The predicted molar refractivity (Wildman–Crippen MR) is 75.6 cm³/mol. The lowest BCUT2D eigenvalue weighted by atomic mass is 9.97. The summed E-state index contributed by atoms with van der Waals surface area (Å²) in [6, 6.07) is 4.11. The SMILES string of the molecule is CCNc1ncnc(-c2cccc(F)c2F)c1C(C)C. The Morgan fingerprint density at radius 2 is 1.95 bits per heavy atom. The summed E-state index contributed by atoms with van der Waals surface area (Å²) >= 11 is 0. The van der Waals surface area contributed by atoms with Crippen molar-refractivity contribution in [3.63, 3.8) is 0 Å². The van der Waals surface area contributed by atoms with E-state index in [-0.39, 0.29) is 11.5 Å². The molecule has 0 radical (unpaired) electrons. The first-order chi connectivity index (χ1) is 9.56. The van der Waals surface area contributed by atoms with Gasteiger partial charge in [-0.25, -0.2) is 18.7 Å². The average molecular weight is 277 g/mol. The molecule has 1 aromatic heterocycles. The Morgan fingerprint density at radius 3 is 2.60 bits per heavy atom. The fourth-order valence-corrected chi connectivity index (χ4v) is 2.15. The van der Waals surface area contributed by atoms with Gasteiger partial charge in [-0.15, -0.1) is 0 Å². The molecule has 0 fully saturated rings. The van der Waals surface area contributed by atoms with Crippen molar-refractivity contribution < 1.29 is 8.78 Å². The molecule has 0 aliphatic rings. The monoisotopic (exact) mass is 277 g/mol. The minimum absolute atomic E-state index is 0.0860. The Balaban J connectivity index is 2.67. The van der Waals surface area contributed by atoms with Crippen LogP contribution in [0, 0.1) is 11.6 Å². The highest BCUT2D eigenvalue weighted by Crippen LogP contribution is 2.33.